The Balaban J connectivity index is 1.75. The van der Waals surface area contributed by atoms with Crippen LogP contribution in [0.25, 0.3) is 0 Å². The zero-order valence-electron chi connectivity index (χ0n) is 14.2. The van der Waals surface area contributed by atoms with Gasteiger partial charge in [0, 0.05) is 18.5 Å². The molecule has 0 aromatic heterocycles. The maximum absolute atomic E-state index is 12.7. The quantitative estimate of drug-likeness (QED) is 0.634. The Bertz CT molecular complexity index is 805. The first kappa shape index (κ1) is 19.4. The number of nitrogens with one attached hydrogen (secondary N) is 1. The van der Waals surface area contributed by atoms with Gasteiger partial charge in [-0.05, 0) is 36.2 Å². The number of amides is 1. The lowest BCUT2D eigenvalue weighted by Crippen LogP contribution is -2.24. The van der Waals surface area contributed by atoms with Crippen molar-refractivity contribution < 1.29 is 22.7 Å². The topological polar surface area (TPSA) is 38.3 Å². The molecule has 0 saturated carbocycles. The second-order valence-corrected chi connectivity index (χ2v) is 5.57. The largest absolute Gasteiger partial charge is 0.445 e. The standard InChI is InChI=1S/C20H18F3NO2/c1-15-13-16(10-11-18(15)20(21,22)23)7-5-6-12-24-19(25)26-14-17-8-3-2-4-9-17/h2-4,8-11,13H,6,12,14H2,1H3,(H,24,25). The SMILES string of the molecule is Cc1cc(C#CCCNC(=O)OCc2ccccc2)ccc1C(F)(F)F. The van der Waals surface area contributed by atoms with Gasteiger partial charge in [0.2, 0.25) is 0 Å². The van der Waals surface area contributed by atoms with Gasteiger partial charge in [0.05, 0.1) is 5.56 Å². The van der Waals surface area contributed by atoms with Gasteiger partial charge in [-0.25, -0.2) is 4.79 Å². The summed E-state index contributed by atoms with van der Waals surface area (Å²) in [6, 6.07) is 13.1. The fraction of sp³-hybridized carbons (Fsp3) is 0.250. The molecular weight excluding hydrogens is 343 g/mol. The summed E-state index contributed by atoms with van der Waals surface area (Å²) in [6.07, 6.45) is -4.54. The molecule has 0 radical (unpaired) electrons. The average Bonchev–Trinajstić information content (AvgIpc) is 2.59. The first-order valence-electron chi connectivity index (χ1n) is 7.97. The molecule has 3 nitrogen and oxygen atoms in total. The minimum Gasteiger partial charge on any atom is -0.445 e. The number of rotatable bonds is 4. The summed E-state index contributed by atoms with van der Waals surface area (Å²) in [7, 11) is 0. The number of carbonyl (C=O) groups is 1. The van der Waals surface area contributed by atoms with E-state index in [9.17, 15) is 18.0 Å². The van der Waals surface area contributed by atoms with E-state index >= 15 is 0 Å². The lowest BCUT2D eigenvalue weighted by molar-refractivity contribution is -0.138. The van der Waals surface area contributed by atoms with E-state index in [0.717, 1.165) is 11.6 Å². The Morgan fingerprint density at radius 1 is 1.15 bits per heavy atom. The van der Waals surface area contributed by atoms with Crippen LogP contribution in [0, 0.1) is 18.8 Å². The highest BCUT2D eigenvalue weighted by atomic mass is 19.4. The van der Waals surface area contributed by atoms with Crippen molar-refractivity contribution in [1.29, 1.82) is 0 Å². The van der Waals surface area contributed by atoms with Crippen molar-refractivity contribution in [1.82, 2.24) is 5.32 Å². The Hall–Kier alpha value is -2.94. The fourth-order valence-corrected chi connectivity index (χ4v) is 2.23. The maximum Gasteiger partial charge on any atom is 0.416 e. The summed E-state index contributed by atoms with van der Waals surface area (Å²) in [5.41, 5.74) is 0.861. The van der Waals surface area contributed by atoms with E-state index in [1.165, 1.54) is 19.1 Å². The molecule has 0 aliphatic rings. The van der Waals surface area contributed by atoms with Crippen molar-refractivity contribution in [2.45, 2.75) is 26.1 Å². The predicted octanol–water partition coefficient (Wildman–Crippen LogP) is 4.68. The number of hydrogen-bond donors (Lipinski definition) is 1. The number of carbonyl (C=O) groups excluding carboxylic acids is 1. The van der Waals surface area contributed by atoms with E-state index in [1.807, 2.05) is 30.3 Å². The van der Waals surface area contributed by atoms with Crippen molar-refractivity contribution in [3.05, 3.63) is 70.8 Å². The highest BCUT2D eigenvalue weighted by Crippen LogP contribution is 2.31. The van der Waals surface area contributed by atoms with Crippen LogP contribution in [-0.2, 0) is 17.5 Å². The first-order valence-corrected chi connectivity index (χ1v) is 7.97. The van der Waals surface area contributed by atoms with Gasteiger partial charge < -0.3 is 10.1 Å². The van der Waals surface area contributed by atoms with Crippen LogP contribution in [0.5, 0.6) is 0 Å². The lowest BCUT2D eigenvalue weighted by atomic mass is 10.0. The number of alkyl carbamates (subject to hydrolysis) is 1. The van der Waals surface area contributed by atoms with Gasteiger partial charge in [0.15, 0.2) is 0 Å². The molecule has 0 heterocycles. The van der Waals surface area contributed by atoms with Crippen molar-refractivity contribution in [2.24, 2.45) is 0 Å². The lowest BCUT2D eigenvalue weighted by Gasteiger charge is -2.09. The van der Waals surface area contributed by atoms with Crippen LogP contribution in [0.4, 0.5) is 18.0 Å². The highest BCUT2D eigenvalue weighted by molar-refractivity contribution is 5.67. The molecule has 2 aromatic rings. The molecule has 0 bridgehead atoms. The summed E-state index contributed by atoms with van der Waals surface area (Å²) < 4.78 is 43.1. The number of aryl methyl sites for hydroxylation is 1. The molecule has 0 unspecified atom stereocenters. The molecule has 0 spiro atoms. The number of alkyl halides is 3. The molecule has 6 heteroatoms. The van der Waals surface area contributed by atoms with Crippen LogP contribution >= 0.6 is 0 Å². The van der Waals surface area contributed by atoms with Crippen molar-refractivity contribution in [3.63, 3.8) is 0 Å². The van der Waals surface area contributed by atoms with Crippen LogP contribution in [0.2, 0.25) is 0 Å². The molecule has 0 fully saturated rings. The number of halogens is 3. The van der Waals surface area contributed by atoms with Crippen LogP contribution in [0.3, 0.4) is 0 Å². The van der Waals surface area contributed by atoms with Crippen molar-refractivity contribution in [3.8, 4) is 11.8 Å². The first-order chi connectivity index (χ1) is 12.4. The van der Waals surface area contributed by atoms with Gasteiger partial charge in [-0.15, -0.1) is 0 Å². The van der Waals surface area contributed by atoms with E-state index in [4.69, 9.17) is 4.74 Å². The van der Waals surface area contributed by atoms with Gasteiger partial charge in [-0.2, -0.15) is 13.2 Å². The summed E-state index contributed by atoms with van der Waals surface area (Å²) in [6.45, 7) is 1.88. The Labute approximate surface area is 150 Å². The molecule has 26 heavy (non-hydrogen) atoms. The normalized spacial score (nSPS) is 10.6. The number of benzene rings is 2. The van der Waals surface area contributed by atoms with E-state index < -0.39 is 17.8 Å². The third-order valence-corrected chi connectivity index (χ3v) is 3.50. The van der Waals surface area contributed by atoms with E-state index in [-0.39, 0.29) is 12.2 Å². The summed E-state index contributed by atoms with van der Waals surface area (Å²) >= 11 is 0. The average molecular weight is 361 g/mol. The predicted molar refractivity (Wildman–Crippen MR) is 92.3 cm³/mol. The minimum atomic E-state index is -4.36. The molecule has 1 amide bonds. The summed E-state index contributed by atoms with van der Waals surface area (Å²) in [5.74, 6) is 5.60. The monoisotopic (exact) mass is 361 g/mol. The maximum atomic E-state index is 12.7. The third-order valence-electron chi connectivity index (χ3n) is 3.50. The molecule has 0 aliphatic heterocycles. The summed E-state index contributed by atoms with van der Waals surface area (Å²) in [5, 5.41) is 2.57. The molecule has 2 aromatic carbocycles. The highest BCUT2D eigenvalue weighted by Gasteiger charge is 2.31. The molecule has 0 atom stereocenters. The second kappa shape index (κ2) is 8.95. The molecular formula is C20H18F3NO2. The number of ether oxygens (including phenoxy) is 1. The van der Waals surface area contributed by atoms with Crippen LogP contribution in [0.15, 0.2) is 48.5 Å². The zero-order chi connectivity index (χ0) is 19.0. The van der Waals surface area contributed by atoms with Gasteiger partial charge in [0.1, 0.15) is 6.61 Å². The zero-order valence-corrected chi connectivity index (χ0v) is 14.2. The minimum absolute atomic E-state index is 0.131. The Morgan fingerprint density at radius 3 is 2.54 bits per heavy atom. The van der Waals surface area contributed by atoms with E-state index in [2.05, 4.69) is 17.2 Å². The van der Waals surface area contributed by atoms with Crippen LogP contribution in [0.1, 0.15) is 28.7 Å². The molecule has 0 saturated heterocycles. The molecule has 1 N–H and O–H groups in total. The van der Waals surface area contributed by atoms with Gasteiger partial charge >= 0.3 is 12.3 Å². The van der Waals surface area contributed by atoms with Crippen LogP contribution < -0.4 is 5.32 Å². The Morgan fingerprint density at radius 2 is 1.88 bits per heavy atom. The summed E-state index contributed by atoms with van der Waals surface area (Å²) in [4.78, 5) is 11.5. The van der Waals surface area contributed by atoms with Gasteiger partial charge in [0.25, 0.3) is 0 Å². The van der Waals surface area contributed by atoms with Gasteiger partial charge in [-0.1, -0.05) is 42.2 Å². The molecule has 0 aliphatic carbocycles. The van der Waals surface area contributed by atoms with Crippen molar-refractivity contribution >= 4 is 6.09 Å². The Kier molecular flexibility index (Phi) is 6.67. The number of hydrogen-bond acceptors (Lipinski definition) is 2. The second-order valence-electron chi connectivity index (χ2n) is 5.57. The van der Waals surface area contributed by atoms with E-state index in [1.54, 1.807) is 0 Å². The molecule has 2 rings (SSSR count). The van der Waals surface area contributed by atoms with E-state index in [0.29, 0.717) is 18.5 Å². The van der Waals surface area contributed by atoms with Crippen molar-refractivity contribution in [2.75, 3.05) is 6.54 Å². The smallest absolute Gasteiger partial charge is 0.416 e. The van der Waals surface area contributed by atoms with Crippen LogP contribution in [-0.4, -0.2) is 12.6 Å². The van der Waals surface area contributed by atoms with Gasteiger partial charge in [-0.3, -0.25) is 0 Å². The fourth-order valence-electron chi connectivity index (χ4n) is 2.23. The third kappa shape index (κ3) is 6.17. The molecule has 136 valence electrons.